The van der Waals surface area contributed by atoms with Crippen molar-refractivity contribution in [2.24, 2.45) is 5.92 Å². The van der Waals surface area contributed by atoms with Crippen LogP contribution in [-0.2, 0) is 20.8 Å². The Morgan fingerprint density at radius 2 is 1.86 bits per heavy atom. The number of carbonyl (C=O) groups excluding carboxylic acids is 3. The number of Topliss-reactive ketones (excluding diaryl/α,β-unsaturated/α-hetero) is 2. The number of hydrogen-bond donors (Lipinski definition) is 0. The van der Waals surface area contributed by atoms with Crippen LogP contribution >= 0.6 is 0 Å². The zero-order chi connectivity index (χ0) is 15.7. The molecule has 112 valence electrons. The minimum Gasteiger partial charge on any atom is -0.469 e. The van der Waals surface area contributed by atoms with Gasteiger partial charge in [-0.1, -0.05) is 18.2 Å². The monoisotopic (exact) mass is 297 g/mol. The van der Waals surface area contributed by atoms with Crippen LogP contribution in [-0.4, -0.2) is 23.5 Å². The Morgan fingerprint density at radius 1 is 1.14 bits per heavy atom. The number of benzene rings is 1. The van der Waals surface area contributed by atoms with Gasteiger partial charge in [0.1, 0.15) is 17.5 Å². The predicted octanol–water partition coefficient (Wildman–Crippen LogP) is 2.01. The van der Waals surface area contributed by atoms with Gasteiger partial charge < -0.3 is 9.32 Å². The Bertz CT molecular complexity index is 706. The molecule has 2 atom stereocenters. The molecule has 1 saturated heterocycles. The van der Waals surface area contributed by atoms with Gasteiger partial charge in [-0.15, -0.1) is 0 Å². The average Bonchev–Trinajstić information content (AvgIpc) is 3.08. The second-order valence-corrected chi connectivity index (χ2v) is 5.31. The topological polar surface area (TPSA) is 67.6 Å². The molecule has 0 radical (unpaired) electrons. The van der Waals surface area contributed by atoms with Crippen molar-refractivity contribution < 1.29 is 18.8 Å². The van der Waals surface area contributed by atoms with Gasteiger partial charge in [-0.25, -0.2) is 0 Å². The van der Waals surface area contributed by atoms with Crippen LogP contribution in [0.15, 0.2) is 53.1 Å². The van der Waals surface area contributed by atoms with E-state index in [-0.39, 0.29) is 5.78 Å². The minimum atomic E-state index is -0.946. The fraction of sp³-hybridized carbons (Fsp3) is 0.235. The molecule has 22 heavy (non-hydrogen) atoms. The molecule has 2 heterocycles. The molecule has 2 aromatic rings. The second-order valence-electron chi connectivity index (χ2n) is 5.31. The zero-order valence-electron chi connectivity index (χ0n) is 12.1. The van der Waals surface area contributed by atoms with Crippen LogP contribution in [0.1, 0.15) is 12.7 Å². The molecule has 2 unspecified atom stereocenters. The largest absolute Gasteiger partial charge is 0.469 e. The van der Waals surface area contributed by atoms with E-state index in [1.165, 1.54) is 18.1 Å². The maximum Gasteiger partial charge on any atom is 0.295 e. The van der Waals surface area contributed by atoms with Gasteiger partial charge in [0.2, 0.25) is 5.78 Å². The molecule has 5 heteroatoms. The number of hydrogen-bond acceptors (Lipinski definition) is 4. The van der Waals surface area contributed by atoms with Crippen molar-refractivity contribution >= 4 is 23.2 Å². The zero-order valence-corrected chi connectivity index (χ0v) is 12.1. The maximum atomic E-state index is 12.4. The van der Waals surface area contributed by atoms with Crippen molar-refractivity contribution in [2.45, 2.75) is 19.4 Å². The lowest BCUT2D eigenvalue weighted by molar-refractivity contribution is -0.138. The lowest BCUT2D eigenvalue weighted by atomic mass is 9.92. The SMILES string of the molecule is CC(=O)C1C(=O)C(=O)N(c2ccccc2)C1Cc1ccco1. The first kappa shape index (κ1) is 14.3. The van der Waals surface area contributed by atoms with Gasteiger partial charge in [0.05, 0.1) is 12.3 Å². The number of furan rings is 1. The van der Waals surface area contributed by atoms with Crippen LogP contribution < -0.4 is 4.90 Å². The van der Waals surface area contributed by atoms with Crippen LogP contribution in [0.4, 0.5) is 5.69 Å². The molecule has 1 fully saturated rings. The van der Waals surface area contributed by atoms with E-state index >= 15 is 0 Å². The highest BCUT2D eigenvalue weighted by atomic mass is 16.3. The van der Waals surface area contributed by atoms with Crippen LogP contribution in [0.3, 0.4) is 0 Å². The van der Waals surface area contributed by atoms with Crippen molar-refractivity contribution in [3.8, 4) is 0 Å². The summed E-state index contributed by atoms with van der Waals surface area (Å²) in [6, 6.07) is 11.9. The highest BCUT2D eigenvalue weighted by molar-refractivity contribution is 6.48. The summed E-state index contributed by atoms with van der Waals surface area (Å²) in [5.74, 6) is -1.89. The van der Waals surface area contributed by atoms with E-state index in [2.05, 4.69) is 0 Å². The summed E-state index contributed by atoms with van der Waals surface area (Å²) in [6.07, 6.45) is 1.85. The number of amides is 1. The van der Waals surface area contributed by atoms with Crippen molar-refractivity contribution in [3.05, 3.63) is 54.5 Å². The summed E-state index contributed by atoms with van der Waals surface area (Å²) in [6.45, 7) is 1.35. The van der Waals surface area contributed by atoms with E-state index in [4.69, 9.17) is 4.42 Å². The Morgan fingerprint density at radius 3 is 2.45 bits per heavy atom. The molecule has 0 aliphatic carbocycles. The molecule has 0 N–H and O–H groups in total. The summed E-state index contributed by atoms with van der Waals surface area (Å²) in [5.41, 5.74) is 0.612. The van der Waals surface area contributed by atoms with Gasteiger partial charge >= 0.3 is 0 Å². The van der Waals surface area contributed by atoms with Crippen LogP contribution in [0.25, 0.3) is 0 Å². The molecule has 5 nitrogen and oxygen atoms in total. The second kappa shape index (κ2) is 5.60. The van der Waals surface area contributed by atoms with Crippen LogP contribution in [0.5, 0.6) is 0 Å². The van der Waals surface area contributed by atoms with Crippen molar-refractivity contribution in [1.29, 1.82) is 0 Å². The molecular weight excluding hydrogens is 282 g/mol. The summed E-state index contributed by atoms with van der Waals surface area (Å²) in [5, 5.41) is 0. The quantitative estimate of drug-likeness (QED) is 0.639. The Labute approximate surface area is 127 Å². The fourth-order valence-corrected chi connectivity index (χ4v) is 2.92. The molecule has 0 saturated carbocycles. The summed E-state index contributed by atoms with van der Waals surface area (Å²) in [4.78, 5) is 37.9. The maximum absolute atomic E-state index is 12.4. The molecule has 1 aromatic carbocycles. The molecule has 3 rings (SSSR count). The van der Waals surface area contributed by atoms with Gasteiger partial charge in [-0.3, -0.25) is 14.4 Å². The molecular formula is C17H15NO4. The van der Waals surface area contributed by atoms with E-state index in [0.29, 0.717) is 17.9 Å². The lowest BCUT2D eigenvalue weighted by Gasteiger charge is -2.25. The summed E-state index contributed by atoms with van der Waals surface area (Å²) < 4.78 is 5.32. The average molecular weight is 297 g/mol. The highest BCUT2D eigenvalue weighted by Crippen LogP contribution is 2.31. The third-order valence-corrected chi connectivity index (χ3v) is 3.89. The summed E-state index contributed by atoms with van der Waals surface area (Å²) >= 11 is 0. The van der Waals surface area contributed by atoms with Gasteiger partial charge in [0.25, 0.3) is 5.91 Å². The number of anilines is 1. The number of para-hydroxylation sites is 1. The minimum absolute atomic E-state index is 0.298. The lowest BCUT2D eigenvalue weighted by Crippen LogP contribution is -2.38. The molecule has 1 amide bonds. The van der Waals surface area contributed by atoms with E-state index in [1.54, 1.807) is 36.4 Å². The number of ketones is 2. The fourth-order valence-electron chi connectivity index (χ4n) is 2.92. The van der Waals surface area contributed by atoms with Gasteiger partial charge in [0.15, 0.2) is 0 Å². The Kier molecular flexibility index (Phi) is 3.63. The van der Waals surface area contributed by atoms with Crippen molar-refractivity contribution in [3.63, 3.8) is 0 Å². The highest BCUT2D eigenvalue weighted by Gasteiger charge is 2.50. The Hall–Kier alpha value is -2.69. The normalized spacial score (nSPS) is 21.4. The van der Waals surface area contributed by atoms with E-state index < -0.39 is 23.7 Å². The van der Waals surface area contributed by atoms with E-state index in [9.17, 15) is 14.4 Å². The van der Waals surface area contributed by atoms with Crippen LogP contribution in [0.2, 0.25) is 0 Å². The van der Waals surface area contributed by atoms with E-state index in [1.807, 2.05) is 6.07 Å². The number of nitrogens with zero attached hydrogens (tertiary/aromatic N) is 1. The smallest absolute Gasteiger partial charge is 0.295 e. The first-order chi connectivity index (χ1) is 10.6. The molecule has 0 spiro atoms. The first-order valence-corrected chi connectivity index (χ1v) is 7.05. The molecule has 0 bridgehead atoms. The van der Waals surface area contributed by atoms with Gasteiger partial charge in [-0.05, 0) is 31.2 Å². The van der Waals surface area contributed by atoms with Crippen molar-refractivity contribution in [2.75, 3.05) is 4.90 Å². The first-order valence-electron chi connectivity index (χ1n) is 7.05. The third kappa shape index (κ3) is 2.35. The van der Waals surface area contributed by atoms with Gasteiger partial charge in [0, 0.05) is 12.1 Å². The predicted molar refractivity (Wildman–Crippen MR) is 79.3 cm³/mol. The molecule has 1 aromatic heterocycles. The number of rotatable bonds is 4. The standard InChI is InChI=1S/C17H15NO4/c1-11(19)15-14(10-13-8-5-9-22-13)18(17(21)16(15)20)12-6-3-2-4-7-12/h2-9,14-15H,10H2,1H3. The van der Waals surface area contributed by atoms with E-state index in [0.717, 1.165) is 0 Å². The third-order valence-electron chi connectivity index (χ3n) is 3.89. The molecule has 1 aliphatic rings. The Balaban J connectivity index is 2.03. The number of carbonyl (C=O) groups is 3. The summed E-state index contributed by atoms with van der Waals surface area (Å²) in [7, 11) is 0. The van der Waals surface area contributed by atoms with Crippen molar-refractivity contribution in [1.82, 2.24) is 0 Å². The van der Waals surface area contributed by atoms with Crippen LogP contribution in [0, 0.1) is 5.92 Å². The molecule has 1 aliphatic heterocycles. The van der Waals surface area contributed by atoms with Gasteiger partial charge in [-0.2, -0.15) is 0 Å².